The molecule has 0 aliphatic carbocycles. The van der Waals surface area contributed by atoms with Crippen molar-refractivity contribution in [3.05, 3.63) is 29.8 Å². The SMILES string of the molecule is CCc1ccc(NC(C)CCC(=O)O)cc1. The molecule has 0 amide bonds. The van der Waals surface area contributed by atoms with Crippen molar-refractivity contribution in [1.29, 1.82) is 0 Å². The first-order chi connectivity index (χ1) is 7.61. The summed E-state index contributed by atoms with van der Waals surface area (Å²) in [7, 11) is 0. The Morgan fingerprint density at radius 3 is 2.50 bits per heavy atom. The molecule has 16 heavy (non-hydrogen) atoms. The van der Waals surface area contributed by atoms with Crippen LogP contribution in [-0.2, 0) is 11.2 Å². The van der Waals surface area contributed by atoms with E-state index >= 15 is 0 Å². The predicted molar refractivity (Wildman–Crippen MR) is 65.8 cm³/mol. The van der Waals surface area contributed by atoms with Gasteiger partial charge in [-0.3, -0.25) is 4.79 Å². The van der Waals surface area contributed by atoms with E-state index in [0.29, 0.717) is 6.42 Å². The summed E-state index contributed by atoms with van der Waals surface area (Å²) >= 11 is 0. The van der Waals surface area contributed by atoms with Crippen LogP contribution in [0.3, 0.4) is 0 Å². The molecule has 0 spiro atoms. The highest BCUT2D eigenvalue weighted by molar-refractivity contribution is 5.66. The molecule has 0 heterocycles. The quantitative estimate of drug-likeness (QED) is 0.776. The van der Waals surface area contributed by atoms with E-state index in [2.05, 4.69) is 24.4 Å². The van der Waals surface area contributed by atoms with Crippen molar-refractivity contribution >= 4 is 11.7 Å². The number of carboxylic acid groups (broad SMARTS) is 1. The standard InChI is InChI=1S/C13H19NO2/c1-3-11-5-7-12(8-6-11)14-10(2)4-9-13(15)16/h5-8,10,14H,3-4,9H2,1-2H3,(H,15,16). The summed E-state index contributed by atoms with van der Waals surface area (Å²) in [5, 5.41) is 11.9. The van der Waals surface area contributed by atoms with Crippen molar-refractivity contribution in [2.24, 2.45) is 0 Å². The lowest BCUT2D eigenvalue weighted by Crippen LogP contribution is -2.16. The maximum atomic E-state index is 10.4. The Balaban J connectivity index is 2.43. The second-order valence-corrected chi connectivity index (χ2v) is 4.03. The van der Waals surface area contributed by atoms with Gasteiger partial charge in [-0.2, -0.15) is 0 Å². The van der Waals surface area contributed by atoms with Gasteiger partial charge in [-0.15, -0.1) is 0 Å². The Kier molecular flexibility index (Phi) is 4.83. The first-order valence-electron chi connectivity index (χ1n) is 5.69. The molecule has 0 aliphatic heterocycles. The molecule has 88 valence electrons. The van der Waals surface area contributed by atoms with Gasteiger partial charge in [-0.25, -0.2) is 0 Å². The number of hydrogen-bond acceptors (Lipinski definition) is 2. The number of hydrogen-bond donors (Lipinski definition) is 2. The molecule has 0 aromatic heterocycles. The highest BCUT2D eigenvalue weighted by Crippen LogP contribution is 2.12. The minimum absolute atomic E-state index is 0.184. The summed E-state index contributed by atoms with van der Waals surface area (Å²) in [6, 6.07) is 8.44. The zero-order valence-electron chi connectivity index (χ0n) is 9.86. The second kappa shape index (κ2) is 6.16. The summed E-state index contributed by atoms with van der Waals surface area (Å²) in [6.07, 6.45) is 1.89. The number of rotatable bonds is 6. The van der Waals surface area contributed by atoms with Crippen molar-refractivity contribution in [2.45, 2.75) is 39.2 Å². The van der Waals surface area contributed by atoms with E-state index in [1.807, 2.05) is 19.1 Å². The van der Waals surface area contributed by atoms with Crippen molar-refractivity contribution in [3.63, 3.8) is 0 Å². The average Bonchev–Trinajstić information content (AvgIpc) is 2.27. The highest BCUT2D eigenvalue weighted by atomic mass is 16.4. The van der Waals surface area contributed by atoms with Crippen LogP contribution < -0.4 is 5.32 Å². The summed E-state index contributed by atoms with van der Waals surface area (Å²) in [5.74, 6) is -0.741. The molecule has 0 radical (unpaired) electrons. The molecule has 0 fully saturated rings. The third-order valence-electron chi connectivity index (χ3n) is 2.57. The number of aliphatic carboxylic acids is 1. The van der Waals surface area contributed by atoms with Gasteiger partial charge in [0, 0.05) is 18.2 Å². The highest BCUT2D eigenvalue weighted by Gasteiger charge is 2.04. The number of nitrogens with one attached hydrogen (secondary N) is 1. The van der Waals surface area contributed by atoms with Crippen LogP contribution >= 0.6 is 0 Å². The lowest BCUT2D eigenvalue weighted by atomic mass is 10.1. The molecule has 3 heteroatoms. The fraction of sp³-hybridized carbons (Fsp3) is 0.462. The maximum absolute atomic E-state index is 10.4. The van der Waals surface area contributed by atoms with Gasteiger partial charge in [0.2, 0.25) is 0 Å². The van der Waals surface area contributed by atoms with Crippen LogP contribution in [-0.4, -0.2) is 17.1 Å². The zero-order chi connectivity index (χ0) is 12.0. The normalized spacial score (nSPS) is 12.1. The molecule has 1 rings (SSSR count). The number of benzene rings is 1. The van der Waals surface area contributed by atoms with Crippen LogP contribution in [0.5, 0.6) is 0 Å². The fourth-order valence-corrected chi connectivity index (χ4v) is 1.53. The van der Waals surface area contributed by atoms with Crippen LogP contribution in [0.25, 0.3) is 0 Å². The van der Waals surface area contributed by atoms with Crippen molar-refractivity contribution < 1.29 is 9.90 Å². The molecule has 2 N–H and O–H groups in total. The van der Waals surface area contributed by atoms with Gasteiger partial charge in [-0.05, 0) is 37.5 Å². The van der Waals surface area contributed by atoms with Crippen LogP contribution in [0, 0.1) is 0 Å². The molecular formula is C13H19NO2. The predicted octanol–water partition coefficient (Wildman–Crippen LogP) is 2.91. The summed E-state index contributed by atoms with van der Waals surface area (Å²) in [5.41, 5.74) is 2.36. The second-order valence-electron chi connectivity index (χ2n) is 4.03. The van der Waals surface area contributed by atoms with Crippen molar-refractivity contribution in [3.8, 4) is 0 Å². The Labute approximate surface area is 96.5 Å². The molecule has 1 atom stereocenters. The van der Waals surface area contributed by atoms with Gasteiger partial charge < -0.3 is 10.4 Å². The maximum Gasteiger partial charge on any atom is 0.303 e. The first-order valence-corrected chi connectivity index (χ1v) is 5.69. The van der Waals surface area contributed by atoms with Gasteiger partial charge in [0.05, 0.1) is 0 Å². The van der Waals surface area contributed by atoms with E-state index in [4.69, 9.17) is 5.11 Å². The first kappa shape index (κ1) is 12.6. The Hall–Kier alpha value is -1.51. The van der Waals surface area contributed by atoms with E-state index in [0.717, 1.165) is 12.1 Å². The third kappa shape index (κ3) is 4.34. The fourth-order valence-electron chi connectivity index (χ4n) is 1.53. The molecule has 3 nitrogen and oxygen atoms in total. The summed E-state index contributed by atoms with van der Waals surface area (Å²) in [6.45, 7) is 4.12. The summed E-state index contributed by atoms with van der Waals surface area (Å²) < 4.78 is 0. The molecular weight excluding hydrogens is 202 g/mol. The topological polar surface area (TPSA) is 49.3 Å². The lowest BCUT2D eigenvalue weighted by molar-refractivity contribution is -0.137. The number of anilines is 1. The van der Waals surface area contributed by atoms with Gasteiger partial charge in [0.1, 0.15) is 0 Å². The van der Waals surface area contributed by atoms with Crippen molar-refractivity contribution in [1.82, 2.24) is 0 Å². The molecule has 0 saturated carbocycles. The van der Waals surface area contributed by atoms with Gasteiger partial charge in [0.15, 0.2) is 0 Å². The Bertz CT molecular complexity index is 332. The van der Waals surface area contributed by atoms with Gasteiger partial charge in [0.25, 0.3) is 0 Å². The van der Waals surface area contributed by atoms with E-state index in [-0.39, 0.29) is 12.5 Å². The number of carbonyl (C=O) groups is 1. The lowest BCUT2D eigenvalue weighted by Gasteiger charge is -2.14. The molecule has 1 aromatic rings. The van der Waals surface area contributed by atoms with Crippen LogP contribution in [0.2, 0.25) is 0 Å². The molecule has 1 unspecified atom stereocenters. The Morgan fingerprint density at radius 1 is 1.38 bits per heavy atom. The average molecular weight is 221 g/mol. The van der Waals surface area contributed by atoms with Crippen LogP contribution in [0.15, 0.2) is 24.3 Å². The van der Waals surface area contributed by atoms with Crippen LogP contribution in [0.1, 0.15) is 32.3 Å². The number of aryl methyl sites for hydroxylation is 1. The number of carboxylic acids is 1. The molecule has 1 aromatic carbocycles. The van der Waals surface area contributed by atoms with Crippen molar-refractivity contribution in [2.75, 3.05) is 5.32 Å². The molecule has 0 bridgehead atoms. The Morgan fingerprint density at radius 2 is 2.00 bits per heavy atom. The monoisotopic (exact) mass is 221 g/mol. The van der Waals surface area contributed by atoms with Gasteiger partial charge in [-0.1, -0.05) is 19.1 Å². The molecule has 0 saturated heterocycles. The van der Waals surface area contributed by atoms with E-state index in [9.17, 15) is 4.79 Å². The van der Waals surface area contributed by atoms with Gasteiger partial charge >= 0.3 is 5.97 Å². The molecule has 0 aliphatic rings. The zero-order valence-corrected chi connectivity index (χ0v) is 9.86. The summed E-state index contributed by atoms with van der Waals surface area (Å²) in [4.78, 5) is 10.4. The van der Waals surface area contributed by atoms with E-state index in [1.54, 1.807) is 0 Å². The minimum atomic E-state index is -0.741. The largest absolute Gasteiger partial charge is 0.481 e. The minimum Gasteiger partial charge on any atom is -0.481 e. The van der Waals surface area contributed by atoms with E-state index < -0.39 is 5.97 Å². The third-order valence-corrected chi connectivity index (χ3v) is 2.57. The van der Waals surface area contributed by atoms with Crippen LogP contribution in [0.4, 0.5) is 5.69 Å². The smallest absolute Gasteiger partial charge is 0.303 e. The van der Waals surface area contributed by atoms with E-state index in [1.165, 1.54) is 5.56 Å².